The van der Waals surface area contributed by atoms with Crippen molar-refractivity contribution in [3.63, 3.8) is 0 Å². The van der Waals surface area contributed by atoms with E-state index in [2.05, 4.69) is 22.4 Å². The van der Waals surface area contributed by atoms with E-state index in [4.69, 9.17) is 0 Å². The van der Waals surface area contributed by atoms with Crippen molar-refractivity contribution in [2.24, 2.45) is 0 Å². The van der Waals surface area contributed by atoms with Crippen molar-refractivity contribution in [1.82, 2.24) is 10.3 Å². The number of hydrogen-bond donors (Lipinski definition) is 2. The van der Waals surface area contributed by atoms with Crippen molar-refractivity contribution >= 4 is 16.8 Å². The molecular formula is C20H21FN2O. The van der Waals surface area contributed by atoms with Crippen molar-refractivity contribution in [3.05, 3.63) is 71.7 Å². The second-order valence-corrected chi connectivity index (χ2v) is 6.14. The van der Waals surface area contributed by atoms with Gasteiger partial charge in [0, 0.05) is 30.6 Å². The highest BCUT2D eigenvalue weighted by atomic mass is 19.1. The molecule has 0 aliphatic carbocycles. The van der Waals surface area contributed by atoms with Crippen molar-refractivity contribution in [2.75, 3.05) is 6.54 Å². The van der Waals surface area contributed by atoms with Gasteiger partial charge in [0.1, 0.15) is 5.82 Å². The Kier molecular flexibility index (Phi) is 4.94. The fraction of sp³-hybridized carbons (Fsp3) is 0.250. The average Bonchev–Trinajstić information content (AvgIpc) is 2.97. The Morgan fingerprint density at radius 1 is 1.17 bits per heavy atom. The minimum Gasteiger partial charge on any atom is -0.358 e. The molecule has 2 N–H and O–H groups in total. The number of carbonyl (C=O) groups excluding carboxylic acids is 1. The number of rotatable bonds is 6. The lowest BCUT2D eigenvalue weighted by Crippen LogP contribution is -2.26. The van der Waals surface area contributed by atoms with Crippen molar-refractivity contribution < 1.29 is 9.18 Å². The van der Waals surface area contributed by atoms with Crippen LogP contribution in [-0.2, 0) is 11.2 Å². The Morgan fingerprint density at radius 2 is 2.00 bits per heavy atom. The van der Waals surface area contributed by atoms with Gasteiger partial charge in [0.2, 0.25) is 5.91 Å². The highest BCUT2D eigenvalue weighted by Crippen LogP contribution is 2.19. The number of halogens is 1. The molecule has 1 amide bonds. The van der Waals surface area contributed by atoms with Crippen molar-refractivity contribution in [3.8, 4) is 0 Å². The molecule has 0 saturated carbocycles. The first-order valence-electron chi connectivity index (χ1n) is 8.20. The third-order valence-corrected chi connectivity index (χ3v) is 4.21. The van der Waals surface area contributed by atoms with Gasteiger partial charge in [0.25, 0.3) is 0 Å². The predicted molar refractivity (Wildman–Crippen MR) is 94.4 cm³/mol. The zero-order valence-electron chi connectivity index (χ0n) is 13.7. The number of fused-ring (bicyclic) bond motifs is 1. The predicted octanol–water partition coefficient (Wildman–Crippen LogP) is 4.16. The summed E-state index contributed by atoms with van der Waals surface area (Å²) < 4.78 is 13.2. The van der Waals surface area contributed by atoms with Crippen molar-refractivity contribution in [1.29, 1.82) is 0 Å². The van der Waals surface area contributed by atoms with Crippen LogP contribution in [0.15, 0.2) is 54.6 Å². The Balaban J connectivity index is 1.48. The maximum atomic E-state index is 13.2. The minimum absolute atomic E-state index is 0.00576. The van der Waals surface area contributed by atoms with E-state index in [1.165, 1.54) is 17.5 Å². The summed E-state index contributed by atoms with van der Waals surface area (Å²) in [5.74, 6) is -0.282. The molecule has 1 unspecified atom stereocenters. The van der Waals surface area contributed by atoms with Crippen LogP contribution in [0.3, 0.4) is 0 Å². The number of nitrogens with one attached hydrogen (secondary N) is 2. The lowest BCUT2D eigenvalue weighted by molar-refractivity contribution is -0.121. The third-order valence-electron chi connectivity index (χ3n) is 4.21. The van der Waals surface area contributed by atoms with Crippen LogP contribution in [0.2, 0.25) is 0 Å². The monoisotopic (exact) mass is 324 g/mol. The van der Waals surface area contributed by atoms with Gasteiger partial charge in [-0.2, -0.15) is 0 Å². The van der Waals surface area contributed by atoms with Gasteiger partial charge >= 0.3 is 0 Å². The van der Waals surface area contributed by atoms with E-state index >= 15 is 0 Å². The molecule has 0 aliphatic heterocycles. The Bertz CT molecular complexity index is 807. The van der Waals surface area contributed by atoms with Crippen LogP contribution >= 0.6 is 0 Å². The quantitative estimate of drug-likeness (QED) is 0.702. The fourth-order valence-corrected chi connectivity index (χ4v) is 2.89. The molecule has 0 saturated heterocycles. The lowest BCUT2D eigenvalue weighted by Gasteiger charge is -2.12. The van der Waals surface area contributed by atoms with Gasteiger partial charge in [-0.05, 0) is 41.1 Å². The number of carbonyl (C=O) groups is 1. The number of H-pyrrole nitrogens is 1. The molecule has 124 valence electrons. The second kappa shape index (κ2) is 7.30. The number of hydrogen-bond acceptors (Lipinski definition) is 1. The van der Waals surface area contributed by atoms with Gasteiger partial charge in [-0.1, -0.05) is 37.3 Å². The van der Waals surface area contributed by atoms with Gasteiger partial charge in [-0.25, -0.2) is 4.39 Å². The highest BCUT2D eigenvalue weighted by Gasteiger charge is 2.11. The molecule has 0 aliphatic rings. The molecule has 0 spiro atoms. The van der Waals surface area contributed by atoms with Crippen LogP contribution in [-0.4, -0.2) is 17.4 Å². The standard InChI is InChI=1S/C20H21FN2O/c1-14(15-6-4-7-17(21)12-15)11-20(24)22-10-9-18-13-16-5-2-3-8-19(16)23-18/h2-8,12-14,23H,9-11H2,1H3,(H,22,24). The van der Waals surface area contributed by atoms with Crippen molar-refractivity contribution in [2.45, 2.75) is 25.7 Å². The van der Waals surface area contributed by atoms with Gasteiger partial charge in [-0.15, -0.1) is 0 Å². The number of amides is 1. The van der Waals surface area contributed by atoms with Gasteiger partial charge in [0.05, 0.1) is 0 Å². The molecule has 2 aromatic carbocycles. The van der Waals surface area contributed by atoms with E-state index in [9.17, 15) is 9.18 Å². The Labute approximate surface area is 140 Å². The molecule has 0 radical (unpaired) electrons. The molecule has 3 rings (SSSR count). The maximum absolute atomic E-state index is 13.2. The maximum Gasteiger partial charge on any atom is 0.220 e. The molecular weight excluding hydrogens is 303 g/mol. The number of aromatic nitrogens is 1. The Morgan fingerprint density at radius 3 is 2.79 bits per heavy atom. The Hall–Kier alpha value is -2.62. The summed E-state index contributed by atoms with van der Waals surface area (Å²) in [5, 5.41) is 4.12. The minimum atomic E-state index is -0.265. The summed E-state index contributed by atoms with van der Waals surface area (Å²) in [4.78, 5) is 15.4. The molecule has 3 nitrogen and oxygen atoms in total. The summed E-state index contributed by atoms with van der Waals surface area (Å²) in [6, 6.07) is 16.6. The van der Waals surface area contributed by atoms with E-state index in [0.717, 1.165) is 23.2 Å². The van der Waals surface area contributed by atoms with E-state index in [-0.39, 0.29) is 17.6 Å². The lowest BCUT2D eigenvalue weighted by atomic mass is 9.97. The van der Waals surface area contributed by atoms with Gasteiger partial charge < -0.3 is 10.3 Å². The first-order valence-corrected chi connectivity index (χ1v) is 8.20. The van der Waals surface area contributed by atoms with E-state index in [1.807, 2.05) is 31.2 Å². The van der Waals surface area contributed by atoms with E-state index in [1.54, 1.807) is 6.07 Å². The smallest absolute Gasteiger partial charge is 0.220 e. The van der Waals surface area contributed by atoms with Gasteiger partial charge in [-0.3, -0.25) is 4.79 Å². The summed E-state index contributed by atoms with van der Waals surface area (Å²) in [6.45, 7) is 2.52. The SMILES string of the molecule is CC(CC(=O)NCCc1cc2ccccc2[nH]1)c1cccc(F)c1. The second-order valence-electron chi connectivity index (χ2n) is 6.14. The fourth-order valence-electron chi connectivity index (χ4n) is 2.89. The van der Waals surface area contributed by atoms with Crippen LogP contribution in [0, 0.1) is 5.82 Å². The summed E-state index contributed by atoms with van der Waals surface area (Å²) in [7, 11) is 0. The molecule has 24 heavy (non-hydrogen) atoms. The first kappa shape index (κ1) is 16.2. The highest BCUT2D eigenvalue weighted by molar-refractivity contribution is 5.80. The third kappa shape index (κ3) is 4.02. The summed E-state index contributed by atoms with van der Waals surface area (Å²) >= 11 is 0. The molecule has 1 atom stereocenters. The molecule has 1 heterocycles. The zero-order chi connectivity index (χ0) is 16.9. The van der Waals surface area contributed by atoms with E-state index in [0.29, 0.717) is 13.0 Å². The summed E-state index contributed by atoms with van der Waals surface area (Å²) in [6.07, 6.45) is 1.12. The molecule has 4 heteroatoms. The molecule has 3 aromatic rings. The zero-order valence-corrected chi connectivity index (χ0v) is 13.7. The average molecular weight is 324 g/mol. The molecule has 0 fully saturated rings. The number of para-hydroxylation sites is 1. The van der Waals surface area contributed by atoms with Crippen LogP contribution in [0.4, 0.5) is 4.39 Å². The number of benzene rings is 2. The topological polar surface area (TPSA) is 44.9 Å². The largest absolute Gasteiger partial charge is 0.358 e. The van der Waals surface area contributed by atoms with Crippen LogP contribution in [0.25, 0.3) is 10.9 Å². The first-order chi connectivity index (χ1) is 11.6. The molecule has 0 bridgehead atoms. The van der Waals surface area contributed by atoms with Crippen LogP contribution in [0.1, 0.15) is 30.5 Å². The number of aromatic amines is 1. The van der Waals surface area contributed by atoms with Crippen LogP contribution in [0.5, 0.6) is 0 Å². The van der Waals surface area contributed by atoms with Crippen LogP contribution < -0.4 is 5.32 Å². The van der Waals surface area contributed by atoms with Gasteiger partial charge in [0.15, 0.2) is 0 Å². The normalized spacial score (nSPS) is 12.2. The molecule has 1 aromatic heterocycles. The van der Waals surface area contributed by atoms with E-state index < -0.39 is 0 Å². The summed E-state index contributed by atoms with van der Waals surface area (Å²) in [5.41, 5.74) is 3.06.